The van der Waals surface area contributed by atoms with E-state index in [4.69, 9.17) is 0 Å². The molecule has 0 saturated carbocycles. The first-order valence-electron chi connectivity index (χ1n) is 14.3. The van der Waals surface area contributed by atoms with Gasteiger partial charge in [0, 0.05) is 0 Å². The molecule has 0 aromatic rings. The molecule has 1 aliphatic rings. The molecule has 3 nitrogen and oxygen atoms in total. The Bertz CT molecular complexity index is 358. The van der Waals surface area contributed by atoms with E-state index in [-0.39, 0.29) is 12.4 Å². The molecule has 2 N–H and O–H groups in total. The molecule has 2 unspecified atom stereocenters. The topological polar surface area (TPSA) is 40.5 Å². The molecule has 0 aromatic carbocycles. The lowest BCUT2D eigenvalue weighted by Gasteiger charge is -2.34. The van der Waals surface area contributed by atoms with Crippen LogP contribution in [0.3, 0.4) is 0 Å². The number of halogens is 1. The molecule has 1 fully saturated rings. The summed E-state index contributed by atoms with van der Waals surface area (Å²) in [6, 6.07) is 0. The number of rotatable bonds is 22. The van der Waals surface area contributed by atoms with Gasteiger partial charge in [-0.2, -0.15) is 0 Å². The van der Waals surface area contributed by atoms with Crippen molar-refractivity contribution in [1.82, 2.24) is 0 Å². The fourth-order valence-electron chi connectivity index (χ4n) is 5.46. The maximum atomic E-state index is 10.2. The highest BCUT2D eigenvalue weighted by molar-refractivity contribution is 4.75. The van der Waals surface area contributed by atoms with Gasteiger partial charge in [0.15, 0.2) is 0 Å². The normalized spacial score (nSPS) is 19.9. The zero-order valence-corrected chi connectivity index (χ0v) is 22.6. The highest BCUT2D eigenvalue weighted by atomic mass is 35.5. The molecule has 1 rings (SSSR count). The third-order valence-electron chi connectivity index (χ3n) is 7.56. The highest BCUT2D eigenvalue weighted by Crippen LogP contribution is 2.24. The summed E-state index contributed by atoms with van der Waals surface area (Å²) < 4.78 is 0.969. The van der Waals surface area contributed by atoms with Gasteiger partial charge in [-0.15, -0.1) is 0 Å². The van der Waals surface area contributed by atoms with Crippen molar-refractivity contribution in [3.63, 3.8) is 0 Å². The first-order valence-corrected chi connectivity index (χ1v) is 14.3. The van der Waals surface area contributed by atoms with E-state index in [2.05, 4.69) is 13.8 Å². The van der Waals surface area contributed by atoms with Crippen LogP contribution in [-0.4, -0.2) is 53.1 Å². The second-order valence-electron chi connectivity index (χ2n) is 10.7. The van der Waals surface area contributed by atoms with Crippen molar-refractivity contribution in [3.05, 3.63) is 0 Å². The minimum absolute atomic E-state index is 0. The molecule has 0 aromatic heterocycles. The third-order valence-corrected chi connectivity index (χ3v) is 7.56. The molecule has 1 saturated heterocycles. The van der Waals surface area contributed by atoms with Gasteiger partial charge in [0.2, 0.25) is 0 Å². The fraction of sp³-hybridized carbons (Fsp3) is 1.00. The summed E-state index contributed by atoms with van der Waals surface area (Å²) >= 11 is 0. The Labute approximate surface area is 207 Å². The van der Waals surface area contributed by atoms with E-state index in [1.807, 2.05) is 0 Å². The third kappa shape index (κ3) is 15.9. The molecule has 0 amide bonds. The molecule has 0 bridgehead atoms. The molecule has 0 radical (unpaired) electrons. The minimum atomic E-state index is -0.508. The lowest BCUT2D eigenvalue weighted by atomic mass is 10.1. The van der Waals surface area contributed by atoms with Crippen molar-refractivity contribution in [3.8, 4) is 0 Å². The van der Waals surface area contributed by atoms with Crippen molar-refractivity contribution in [1.29, 1.82) is 0 Å². The zero-order chi connectivity index (χ0) is 22.6. The average molecular weight is 476 g/mol. The lowest BCUT2D eigenvalue weighted by Crippen LogP contribution is -3.00. The molecule has 32 heavy (non-hydrogen) atoms. The summed E-state index contributed by atoms with van der Waals surface area (Å²) in [6.07, 6.45) is 26.4. The molecule has 1 aliphatic heterocycles. The van der Waals surface area contributed by atoms with Crippen molar-refractivity contribution in [2.75, 3.05) is 26.2 Å². The molecular weight excluding hydrogens is 418 g/mol. The fourth-order valence-corrected chi connectivity index (χ4v) is 5.46. The molecule has 2 atom stereocenters. The highest BCUT2D eigenvalue weighted by Gasteiger charge is 2.42. The first-order chi connectivity index (χ1) is 15.1. The van der Waals surface area contributed by atoms with Crippen molar-refractivity contribution in [2.45, 2.75) is 154 Å². The van der Waals surface area contributed by atoms with Crippen molar-refractivity contribution in [2.24, 2.45) is 0 Å². The largest absolute Gasteiger partial charge is 1.00 e. The number of aliphatic hydroxyl groups is 2. The van der Waals surface area contributed by atoms with Crippen LogP contribution in [-0.2, 0) is 0 Å². The molecule has 194 valence electrons. The summed E-state index contributed by atoms with van der Waals surface area (Å²) in [4.78, 5) is 0. The van der Waals surface area contributed by atoms with Crippen molar-refractivity contribution < 1.29 is 27.1 Å². The van der Waals surface area contributed by atoms with E-state index in [1.54, 1.807) is 0 Å². The summed E-state index contributed by atoms with van der Waals surface area (Å²) in [5.74, 6) is 0. The predicted molar refractivity (Wildman–Crippen MR) is 135 cm³/mol. The smallest absolute Gasteiger partial charge is 0.134 e. The van der Waals surface area contributed by atoms with Gasteiger partial charge in [0.25, 0.3) is 0 Å². The van der Waals surface area contributed by atoms with Gasteiger partial charge >= 0.3 is 0 Å². The van der Waals surface area contributed by atoms with Gasteiger partial charge in [-0.1, -0.05) is 117 Å². The van der Waals surface area contributed by atoms with Crippen molar-refractivity contribution >= 4 is 0 Å². The summed E-state index contributed by atoms with van der Waals surface area (Å²) in [5.41, 5.74) is 0. The Morgan fingerprint density at radius 1 is 0.469 bits per heavy atom. The Morgan fingerprint density at radius 3 is 1.00 bits per heavy atom. The second kappa shape index (κ2) is 21.7. The SMILES string of the molecule is CCCCCCCCCCCC[N+]1(CCCCCCCCCCCC)CC(O)C(O)C1.[Cl-]. The van der Waals surface area contributed by atoms with Crippen LogP contribution in [0.25, 0.3) is 0 Å². The van der Waals surface area contributed by atoms with Crippen LogP contribution in [0.15, 0.2) is 0 Å². The van der Waals surface area contributed by atoms with Crippen LogP contribution in [0.2, 0.25) is 0 Å². The van der Waals surface area contributed by atoms with Gasteiger partial charge in [-0.25, -0.2) is 0 Å². The Morgan fingerprint density at radius 2 is 0.719 bits per heavy atom. The number of nitrogens with zero attached hydrogens (tertiary/aromatic N) is 1. The molecule has 0 aliphatic carbocycles. The number of likely N-dealkylation sites (tertiary alicyclic amines) is 1. The summed E-state index contributed by atoms with van der Waals surface area (Å²) in [7, 11) is 0. The average Bonchev–Trinajstić information content (AvgIpc) is 3.04. The number of aliphatic hydroxyl groups excluding tert-OH is 2. The predicted octanol–water partition coefficient (Wildman–Crippen LogP) is 4.38. The maximum Gasteiger partial charge on any atom is 0.134 e. The number of hydrogen-bond donors (Lipinski definition) is 2. The Hall–Kier alpha value is 0.170. The zero-order valence-electron chi connectivity index (χ0n) is 21.8. The summed E-state index contributed by atoms with van der Waals surface area (Å²) in [6.45, 7) is 8.42. The number of hydrogen-bond acceptors (Lipinski definition) is 2. The van der Waals surface area contributed by atoms with Crippen LogP contribution < -0.4 is 12.4 Å². The van der Waals surface area contributed by atoms with Crippen LogP contribution in [0.1, 0.15) is 142 Å². The Kier molecular flexibility index (Phi) is 21.8. The molecule has 1 heterocycles. The van der Waals surface area contributed by atoms with Crippen LogP contribution >= 0.6 is 0 Å². The van der Waals surface area contributed by atoms with E-state index in [1.165, 1.54) is 128 Å². The van der Waals surface area contributed by atoms with E-state index in [9.17, 15) is 10.2 Å². The van der Waals surface area contributed by atoms with Gasteiger partial charge in [0.1, 0.15) is 25.3 Å². The number of quaternary nitrogens is 1. The van der Waals surface area contributed by atoms with Gasteiger partial charge in [0.05, 0.1) is 13.1 Å². The maximum absolute atomic E-state index is 10.2. The van der Waals surface area contributed by atoms with Gasteiger partial charge < -0.3 is 27.1 Å². The quantitative estimate of drug-likeness (QED) is 0.180. The van der Waals surface area contributed by atoms with E-state index in [0.717, 1.165) is 30.7 Å². The molecular formula is C28H58ClNO2. The standard InChI is InChI=1S/C28H58NO2.ClH/c1-3-5-7-9-11-13-15-17-19-21-23-29(25-27(30)28(31)26-29)24-22-20-18-16-14-12-10-8-6-4-2;/h27-28,30-31H,3-26H2,1-2H3;1H/q+1;/p-1. The van der Waals surface area contributed by atoms with Gasteiger partial charge in [-0.05, 0) is 25.7 Å². The van der Waals surface area contributed by atoms with E-state index >= 15 is 0 Å². The van der Waals surface area contributed by atoms with E-state index < -0.39 is 12.2 Å². The minimum Gasteiger partial charge on any atom is -1.00 e. The Balaban J connectivity index is 0.00000961. The number of unbranched alkanes of at least 4 members (excludes halogenated alkanes) is 18. The van der Waals surface area contributed by atoms with Gasteiger partial charge in [-0.3, -0.25) is 0 Å². The van der Waals surface area contributed by atoms with E-state index in [0.29, 0.717) is 0 Å². The van der Waals surface area contributed by atoms with Crippen LogP contribution in [0, 0.1) is 0 Å². The molecule has 4 heteroatoms. The van der Waals surface area contributed by atoms with Crippen LogP contribution in [0.5, 0.6) is 0 Å². The molecule has 0 spiro atoms. The summed E-state index contributed by atoms with van der Waals surface area (Å²) in [5, 5.41) is 20.4. The lowest BCUT2D eigenvalue weighted by molar-refractivity contribution is -0.919. The first kappa shape index (κ1) is 32.2. The monoisotopic (exact) mass is 475 g/mol. The van der Waals surface area contributed by atoms with Crippen LogP contribution in [0.4, 0.5) is 0 Å². The second-order valence-corrected chi connectivity index (χ2v) is 10.7.